The van der Waals surface area contributed by atoms with Crippen molar-refractivity contribution >= 4 is 29.6 Å². The molecule has 1 saturated carbocycles. The molecule has 5 heteroatoms. The number of rotatable bonds is 5. The molecule has 1 aliphatic carbocycles. The lowest BCUT2D eigenvalue weighted by molar-refractivity contribution is -0.142. The topological polar surface area (TPSA) is 66.4 Å². The zero-order chi connectivity index (χ0) is 17.2. The Morgan fingerprint density at radius 1 is 1.12 bits per heavy atom. The van der Waals surface area contributed by atoms with Gasteiger partial charge in [-0.1, -0.05) is 54.1 Å². The fourth-order valence-corrected chi connectivity index (χ4v) is 2.91. The van der Waals surface area contributed by atoms with Gasteiger partial charge in [-0.3, -0.25) is 4.79 Å². The Labute approximate surface area is 144 Å². The fraction of sp³-hybridized carbons (Fsp3) is 0.158. The molecule has 1 fully saturated rings. The number of amides is 1. The van der Waals surface area contributed by atoms with Gasteiger partial charge in [0.25, 0.3) is 0 Å². The van der Waals surface area contributed by atoms with Crippen LogP contribution in [0.4, 0.5) is 0 Å². The van der Waals surface area contributed by atoms with Crippen molar-refractivity contribution < 1.29 is 14.7 Å². The van der Waals surface area contributed by atoms with Gasteiger partial charge in [-0.25, -0.2) is 4.79 Å². The van der Waals surface area contributed by atoms with Gasteiger partial charge in [0, 0.05) is 17.0 Å². The molecule has 4 nitrogen and oxygen atoms in total. The number of nitrogens with one attached hydrogen (secondary N) is 1. The van der Waals surface area contributed by atoms with E-state index in [0.29, 0.717) is 11.4 Å². The molecule has 2 N–H and O–H groups in total. The molecule has 1 aliphatic rings. The maximum atomic E-state index is 12.1. The van der Waals surface area contributed by atoms with Crippen LogP contribution in [-0.2, 0) is 9.59 Å². The van der Waals surface area contributed by atoms with Gasteiger partial charge in [0.1, 0.15) is 5.54 Å². The lowest BCUT2D eigenvalue weighted by atomic mass is 10.1. The first-order chi connectivity index (χ1) is 11.5. The number of hydrogen-bond acceptors (Lipinski definition) is 2. The van der Waals surface area contributed by atoms with Crippen molar-refractivity contribution in [2.45, 2.75) is 17.9 Å². The van der Waals surface area contributed by atoms with Crippen LogP contribution in [0.15, 0.2) is 60.7 Å². The zero-order valence-electron chi connectivity index (χ0n) is 12.8. The highest BCUT2D eigenvalue weighted by Crippen LogP contribution is 2.51. The Balaban J connectivity index is 1.70. The SMILES string of the molecule is O=C(/C=C/c1ccc(Cl)cc1)NC1(C(=O)O)CC1c1ccccc1. The van der Waals surface area contributed by atoms with E-state index >= 15 is 0 Å². The standard InChI is InChI=1S/C19H16ClNO3/c20-15-9-6-13(7-10-15)8-11-17(22)21-19(18(23)24)12-16(19)14-4-2-1-3-5-14/h1-11,16H,12H2,(H,21,22)(H,23,24)/b11-8+. The van der Waals surface area contributed by atoms with E-state index in [1.54, 1.807) is 30.3 Å². The van der Waals surface area contributed by atoms with Crippen LogP contribution in [0, 0.1) is 0 Å². The Hall–Kier alpha value is -2.59. The Kier molecular flexibility index (Phi) is 4.40. The predicted octanol–water partition coefficient (Wildman–Crippen LogP) is 3.48. The summed E-state index contributed by atoms with van der Waals surface area (Å²) in [4.78, 5) is 23.8. The van der Waals surface area contributed by atoms with Crippen LogP contribution in [-0.4, -0.2) is 22.5 Å². The van der Waals surface area contributed by atoms with E-state index in [1.807, 2.05) is 30.3 Å². The molecule has 0 heterocycles. The van der Waals surface area contributed by atoms with Gasteiger partial charge in [0.15, 0.2) is 0 Å². The van der Waals surface area contributed by atoms with Crippen molar-refractivity contribution in [2.24, 2.45) is 0 Å². The maximum Gasteiger partial charge on any atom is 0.330 e. The monoisotopic (exact) mass is 341 g/mol. The second-order valence-corrected chi connectivity index (χ2v) is 6.25. The second-order valence-electron chi connectivity index (χ2n) is 5.82. The molecule has 2 atom stereocenters. The minimum Gasteiger partial charge on any atom is -0.479 e. The van der Waals surface area contributed by atoms with E-state index in [4.69, 9.17) is 11.6 Å². The van der Waals surface area contributed by atoms with Crippen LogP contribution < -0.4 is 5.32 Å². The largest absolute Gasteiger partial charge is 0.479 e. The van der Waals surface area contributed by atoms with Crippen molar-refractivity contribution in [3.05, 3.63) is 76.8 Å². The van der Waals surface area contributed by atoms with Crippen LogP contribution in [0.1, 0.15) is 23.5 Å². The third kappa shape index (κ3) is 3.34. The molecule has 2 unspecified atom stereocenters. The second kappa shape index (κ2) is 6.49. The van der Waals surface area contributed by atoms with Crippen LogP contribution >= 0.6 is 11.6 Å². The van der Waals surface area contributed by atoms with Gasteiger partial charge < -0.3 is 10.4 Å². The molecule has 1 amide bonds. The van der Waals surface area contributed by atoms with Crippen LogP contribution in [0.3, 0.4) is 0 Å². The summed E-state index contributed by atoms with van der Waals surface area (Å²) < 4.78 is 0. The number of benzene rings is 2. The van der Waals surface area contributed by atoms with Gasteiger partial charge in [-0.2, -0.15) is 0 Å². The molecule has 0 aromatic heterocycles. The summed E-state index contributed by atoms with van der Waals surface area (Å²) in [5, 5.41) is 12.8. The maximum absolute atomic E-state index is 12.1. The van der Waals surface area contributed by atoms with Gasteiger partial charge in [-0.15, -0.1) is 0 Å². The average molecular weight is 342 g/mol. The van der Waals surface area contributed by atoms with E-state index in [0.717, 1.165) is 11.1 Å². The molecule has 2 aromatic rings. The first-order valence-electron chi connectivity index (χ1n) is 7.55. The molecule has 3 rings (SSSR count). The number of hydrogen-bond donors (Lipinski definition) is 2. The van der Waals surface area contributed by atoms with E-state index in [9.17, 15) is 14.7 Å². The van der Waals surface area contributed by atoms with Crippen molar-refractivity contribution in [2.75, 3.05) is 0 Å². The number of carboxylic acid groups (broad SMARTS) is 1. The van der Waals surface area contributed by atoms with Crippen LogP contribution in [0.2, 0.25) is 5.02 Å². The minimum atomic E-state index is -1.22. The summed E-state index contributed by atoms with van der Waals surface area (Å²) in [7, 11) is 0. The van der Waals surface area contributed by atoms with Gasteiger partial charge in [0.05, 0.1) is 0 Å². The quantitative estimate of drug-likeness (QED) is 0.818. The number of aliphatic carboxylic acids is 1. The highest BCUT2D eigenvalue weighted by Gasteiger charge is 2.62. The summed E-state index contributed by atoms with van der Waals surface area (Å²) in [6, 6.07) is 16.4. The lowest BCUT2D eigenvalue weighted by Crippen LogP contribution is -2.43. The molecule has 2 aromatic carbocycles. The smallest absolute Gasteiger partial charge is 0.330 e. The average Bonchev–Trinajstić information content (AvgIpc) is 3.31. The molecule has 0 spiro atoms. The van der Waals surface area contributed by atoms with Gasteiger partial charge in [0.2, 0.25) is 5.91 Å². The Morgan fingerprint density at radius 3 is 2.42 bits per heavy atom. The number of halogens is 1. The summed E-state index contributed by atoms with van der Waals surface area (Å²) in [6.07, 6.45) is 3.36. The van der Waals surface area contributed by atoms with E-state index in [-0.39, 0.29) is 5.92 Å². The first-order valence-corrected chi connectivity index (χ1v) is 7.93. The van der Waals surface area contributed by atoms with Crippen LogP contribution in [0.5, 0.6) is 0 Å². The number of carboxylic acids is 1. The highest BCUT2D eigenvalue weighted by molar-refractivity contribution is 6.30. The van der Waals surface area contributed by atoms with E-state index in [1.165, 1.54) is 6.08 Å². The van der Waals surface area contributed by atoms with Gasteiger partial charge >= 0.3 is 5.97 Å². The Morgan fingerprint density at radius 2 is 1.79 bits per heavy atom. The normalized spacial score (nSPS) is 22.3. The molecule has 0 saturated heterocycles. The molecular formula is C19H16ClNO3. The molecule has 122 valence electrons. The molecule has 0 bridgehead atoms. The third-order valence-electron chi connectivity index (χ3n) is 4.19. The minimum absolute atomic E-state index is 0.205. The summed E-state index contributed by atoms with van der Waals surface area (Å²) in [6.45, 7) is 0. The van der Waals surface area contributed by atoms with Crippen LogP contribution in [0.25, 0.3) is 6.08 Å². The Bertz CT molecular complexity index is 786. The highest BCUT2D eigenvalue weighted by atomic mass is 35.5. The zero-order valence-corrected chi connectivity index (χ0v) is 13.5. The summed E-state index contributed by atoms with van der Waals surface area (Å²) in [5.41, 5.74) is 0.513. The fourth-order valence-electron chi connectivity index (χ4n) is 2.79. The molecular weight excluding hydrogens is 326 g/mol. The molecule has 0 aliphatic heterocycles. The van der Waals surface area contributed by atoms with E-state index < -0.39 is 17.4 Å². The van der Waals surface area contributed by atoms with Crippen molar-refractivity contribution in [3.63, 3.8) is 0 Å². The lowest BCUT2D eigenvalue weighted by Gasteiger charge is -2.13. The first kappa shape index (κ1) is 16.3. The molecule has 24 heavy (non-hydrogen) atoms. The summed E-state index contributed by atoms with van der Waals surface area (Å²) in [5.74, 6) is -1.64. The van der Waals surface area contributed by atoms with Crippen molar-refractivity contribution in [1.29, 1.82) is 0 Å². The van der Waals surface area contributed by atoms with Gasteiger partial charge in [-0.05, 0) is 35.8 Å². The van der Waals surface area contributed by atoms with E-state index in [2.05, 4.69) is 5.32 Å². The number of carbonyl (C=O) groups excluding carboxylic acids is 1. The van der Waals surface area contributed by atoms with Crippen molar-refractivity contribution in [3.8, 4) is 0 Å². The predicted molar refractivity (Wildman–Crippen MR) is 92.8 cm³/mol. The number of carbonyl (C=O) groups is 2. The van der Waals surface area contributed by atoms with Crippen molar-refractivity contribution in [1.82, 2.24) is 5.32 Å². The summed E-state index contributed by atoms with van der Waals surface area (Å²) >= 11 is 5.81. The molecule has 0 radical (unpaired) electrons. The third-order valence-corrected chi connectivity index (χ3v) is 4.44.